The Kier molecular flexibility index (Phi) is 3.25. The van der Waals surface area contributed by atoms with Crippen LogP contribution in [0.1, 0.15) is 11.1 Å². The number of rotatable bonds is 3. The third kappa shape index (κ3) is 2.36. The highest BCUT2D eigenvalue weighted by Gasteiger charge is 2.05. The molecule has 0 atom stereocenters. The van der Waals surface area contributed by atoms with E-state index in [-0.39, 0.29) is 0 Å². The molecule has 2 aromatic heterocycles. The summed E-state index contributed by atoms with van der Waals surface area (Å²) in [5, 5.41) is 7.80. The van der Waals surface area contributed by atoms with Crippen LogP contribution in [0.3, 0.4) is 0 Å². The van der Waals surface area contributed by atoms with E-state index in [2.05, 4.69) is 51.5 Å². The molecule has 0 aliphatic heterocycles. The molecule has 0 saturated carbocycles. The van der Waals surface area contributed by atoms with E-state index in [0.717, 1.165) is 22.2 Å². The van der Waals surface area contributed by atoms with Crippen LogP contribution in [0, 0.1) is 6.92 Å². The summed E-state index contributed by atoms with van der Waals surface area (Å²) in [6.07, 6.45) is 3.87. The van der Waals surface area contributed by atoms with E-state index in [0.29, 0.717) is 0 Å². The SMILES string of the molecule is Cc1c(Br)cccc1NCc1cnn2ccccc12. The Bertz CT molecular complexity index is 718. The second-order valence-corrected chi connectivity index (χ2v) is 5.32. The average Bonchev–Trinajstić information content (AvgIpc) is 2.84. The maximum atomic E-state index is 4.34. The summed E-state index contributed by atoms with van der Waals surface area (Å²) < 4.78 is 3.02. The highest BCUT2D eigenvalue weighted by Crippen LogP contribution is 2.24. The summed E-state index contributed by atoms with van der Waals surface area (Å²) in [5.74, 6) is 0. The van der Waals surface area contributed by atoms with Gasteiger partial charge in [-0.3, -0.25) is 0 Å². The Morgan fingerprint density at radius 1 is 1.21 bits per heavy atom. The van der Waals surface area contributed by atoms with E-state index >= 15 is 0 Å². The Balaban J connectivity index is 1.84. The van der Waals surface area contributed by atoms with Crippen molar-refractivity contribution in [2.24, 2.45) is 0 Å². The van der Waals surface area contributed by atoms with Gasteiger partial charge in [0.25, 0.3) is 0 Å². The predicted molar refractivity (Wildman–Crippen MR) is 81.4 cm³/mol. The second-order valence-electron chi connectivity index (χ2n) is 4.47. The zero-order chi connectivity index (χ0) is 13.2. The van der Waals surface area contributed by atoms with Crippen molar-refractivity contribution in [1.82, 2.24) is 9.61 Å². The lowest BCUT2D eigenvalue weighted by molar-refractivity contribution is 0.961. The van der Waals surface area contributed by atoms with Crippen molar-refractivity contribution >= 4 is 27.1 Å². The molecule has 3 nitrogen and oxygen atoms in total. The topological polar surface area (TPSA) is 29.3 Å². The lowest BCUT2D eigenvalue weighted by Gasteiger charge is -2.10. The maximum absolute atomic E-state index is 4.34. The number of hydrogen-bond acceptors (Lipinski definition) is 2. The van der Waals surface area contributed by atoms with E-state index in [1.54, 1.807) is 0 Å². The number of anilines is 1. The van der Waals surface area contributed by atoms with Gasteiger partial charge in [0.15, 0.2) is 0 Å². The van der Waals surface area contributed by atoms with Crippen molar-refractivity contribution in [2.45, 2.75) is 13.5 Å². The average molecular weight is 316 g/mol. The van der Waals surface area contributed by atoms with Crippen LogP contribution in [-0.4, -0.2) is 9.61 Å². The lowest BCUT2D eigenvalue weighted by Crippen LogP contribution is -2.01. The van der Waals surface area contributed by atoms with Gasteiger partial charge in [0.2, 0.25) is 0 Å². The van der Waals surface area contributed by atoms with Crippen molar-refractivity contribution in [1.29, 1.82) is 0 Å². The Morgan fingerprint density at radius 3 is 3.00 bits per heavy atom. The largest absolute Gasteiger partial charge is 0.381 e. The predicted octanol–water partition coefficient (Wildman–Crippen LogP) is 4.02. The summed E-state index contributed by atoms with van der Waals surface area (Å²) in [4.78, 5) is 0. The van der Waals surface area contributed by atoms with Gasteiger partial charge in [-0.05, 0) is 36.8 Å². The van der Waals surface area contributed by atoms with Crippen LogP contribution >= 0.6 is 15.9 Å². The highest BCUT2D eigenvalue weighted by atomic mass is 79.9. The molecule has 2 heterocycles. The molecule has 1 N–H and O–H groups in total. The van der Waals surface area contributed by atoms with Crippen LogP contribution in [0.2, 0.25) is 0 Å². The smallest absolute Gasteiger partial charge is 0.0711 e. The molecule has 0 aliphatic carbocycles. The Morgan fingerprint density at radius 2 is 2.11 bits per heavy atom. The molecule has 0 fully saturated rings. The summed E-state index contributed by atoms with van der Waals surface area (Å²) >= 11 is 3.55. The number of nitrogens with one attached hydrogen (secondary N) is 1. The second kappa shape index (κ2) is 5.05. The number of halogens is 1. The Hall–Kier alpha value is -1.81. The van der Waals surface area contributed by atoms with Crippen molar-refractivity contribution in [3.63, 3.8) is 0 Å². The fourth-order valence-corrected chi connectivity index (χ4v) is 2.48. The van der Waals surface area contributed by atoms with Gasteiger partial charge in [-0.1, -0.05) is 28.1 Å². The monoisotopic (exact) mass is 315 g/mol. The van der Waals surface area contributed by atoms with Gasteiger partial charge < -0.3 is 5.32 Å². The molecule has 0 saturated heterocycles. The standard InChI is InChI=1S/C15H14BrN3/c1-11-13(16)5-4-6-14(11)17-9-12-10-18-19-8-3-2-7-15(12)19/h2-8,10,17H,9H2,1H3. The number of pyridine rings is 1. The van der Waals surface area contributed by atoms with Crippen LogP contribution in [0.5, 0.6) is 0 Å². The fraction of sp³-hybridized carbons (Fsp3) is 0.133. The van der Waals surface area contributed by atoms with Crippen molar-refractivity contribution < 1.29 is 0 Å². The molecule has 19 heavy (non-hydrogen) atoms. The molecule has 0 bridgehead atoms. The van der Waals surface area contributed by atoms with Crippen molar-refractivity contribution in [3.8, 4) is 0 Å². The van der Waals surface area contributed by atoms with E-state index in [1.807, 2.05) is 35.1 Å². The van der Waals surface area contributed by atoms with Gasteiger partial charge in [-0.25, -0.2) is 4.52 Å². The quantitative estimate of drug-likeness (QED) is 0.791. The van der Waals surface area contributed by atoms with Gasteiger partial charge >= 0.3 is 0 Å². The van der Waals surface area contributed by atoms with E-state index in [4.69, 9.17) is 0 Å². The number of aromatic nitrogens is 2. The van der Waals surface area contributed by atoms with Gasteiger partial charge in [-0.15, -0.1) is 0 Å². The molecule has 0 unspecified atom stereocenters. The number of fused-ring (bicyclic) bond motifs is 1. The Labute approximate surface area is 120 Å². The molecular weight excluding hydrogens is 302 g/mol. The molecule has 3 aromatic rings. The minimum atomic E-state index is 0.769. The first-order valence-corrected chi connectivity index (χ1v) is 6.95. The van der Waals surface area contributed by atoms with Crippen LogP contribution in [0.4, 0.5) is 5.69 Å². The van der Waals surface area contributed by atoms with Crippen molar-refractivity contribution in [2.75, 3.05) is 5.32 Å². The highest BCUT2D eigenvalue weighted by molar-refractivity contribution is 9.10. The summed E-state index contributed by atoms with van der Waals surface area (Å²) in [5.41, 5.74) is 4.70. The molecule has 0 amide bonds. The molecule has 1 aromatic carbocycles. The first-order chi connectivity index (χ1) is 9.25. The molecule has 4 heteroatoms. The molecular formula is C15H14BrN3. The van der Waals surface area contributed by atoms with Crippen LogP contribution in [-0.2, 0) is 6.54 Å². The fourth-order valence-electron chi connectivity index (χ4n) is 2.11. The number of benzene rings is 1. The lowest BCUT2D eigenvalue weighted by atomic mass is 10.2. The van der Waals surface area contributed by atoms with Gasteiger partial charge in [-0.2, -0.15) is 5.10 Å². The molecule has 0 spiro atoms. The van der Waals surface area contributed by atoms with Gasteiger partial charge in [0.05, 0.1) is 11.7 Å². The van der Waals surface area contributed by atoms with Gasteiger partial charge in [0.1, 0.15) is 0 Å². The first kappa shape index (κ1) is 12.2. The van der Waals surface area contributed by atoms with Crippen LogP contribution in [0.15, 0.2) is 53.3 Å². The molecule has 0 aliphatic rings. The van der Waals surface area contributed by atoms with Crippen LogP contribution in [0.25, 0.3) is 5.52 Å². The number of hydrogen-bond donors (Lipinski definition) is 1. The number of nitrogens with zero attached hydrogens (tertiary/aromatic N) is 2. The van der Waals surface area contributed by atoms with E-state index in [1.165, 1.54) is 11.1 Å². The molecule has 0 radical (unpaired) electrons. The third-order valence-corrected chi connectivity index (χ3v) is 4.10. The zero-order valence-corrected chi connectivity index (χ0v) is 12.2. The summed E-state index contributed by atoms with van der Waals surface area (Å²) in [6, 6.07) is 12.3. The van der Waals surface area contributed by atoms with E-state index < -0.39 is 0 Å². The van der Waals surface area contributed by atoms with Gasteiger partial charge in [0, 0.05) is 28.5 Å². The first-order valence-electron chi connectivity index (χ1n) is 6.16. The third-order valence-electron chi connectivity index (χ3n) is 3.24. The maximum Gasteiger partial charge on any atom is 0.0711 e. The van der Waals surface area contributed by atoms with Crippen molar-refractivity contribution in [3.05, 3.63) is 64.4 Å². The molecule has 3 rings (SSSR count). The van der Waals surface area contributed by atoms with E-state index in [9.17, 15) is 0 Å². The summed E-state index contributed by atoms with van der Waals surface area (Å²) in [6.45, 7) is 2.87. The summed E-state index contributed by atoms with van der Waals surface area (Å²) in [7, 11) is 0. The normalized spacial score (nSPS) is 10.8. The minimum absolute atomic E-state index is 0.769. The zero-order valence-electron chi connectivity index (χ0n) is 10.6. The van der Waals surface area contributed by atoms with Crippen LogP contribution < -0.4 is 5.32 Å². The molecule has 96 valence electrons. The minimum Gasteiger partial charge on any atom is -0.381 e.